The van der Waals surface area contributed by atoms with Crippen LogP contribution in [0.5, 0.6) is 0 Å². The lowest BCUT2D eigenvalue weighted by atomic mass is 9.49. The smallest absolute Gasteiger partial charge is 0.0324 e. The van der Waals surface area contributed by atoms with Crippen LogP contribution in [0.4, 0.5) is 0 Å². The Morgan fingerprint density at radius 1 is 0.254 bits per heavy atom. The Morgan fingerprint density at radius 3 is 1.25 bits per heavy atom. The number of rotatable bonds is 3. The van der Waals surface area contributed by atoms with Crippen LogP contribution in [-0.2, 0) is 5.41 Å². The molecule has 0 spiro atoms. The van der Waals surface area contributed by atoms with Crippen LogP contribution in [0, 0.1) is 10.8 Å². The molecule has 0 nitrogen and oxygen atoms in total. The summed E-state index contributed by atoms with van der Waals surface area (Å²) in [5, 5.41) is 18.2. The monoisotopic (exact) mass is 856 g/mol. The Hall–Kier alpha value is -7.54. The van der Waals surface area contributed by atoms with E-state index in [1.165, 1.54) is 131 Å². The van der Waals surface area contributed by atoms with Crippen molar-refractivity contribution in [3.8, 4) is 44.5 Å². The molecule has 0 heteroatoms. The molecule has 0 saturated heterocycles. The summed E-state index contributed by atoms with van der Waals surface area (Å²) in [5.74, 6) is 0. The molecule has 67 heavy (non-hydrogen) atoms. The quantitative estimate of drug-likeness (QED) is 0.123. The molecular weight excluding hydrogens is 805 g/mol. The zero-order valence-electron chi connectivity index (χ0n) is 39.1. The minimum Gasteiger partial charge on any atom is -0.0616 e. The van der Waals surface area contributed by atoms with Crippen LogP contribution in [-0.4, -0.2) is 0 Å². The molecule has 0 amide bonds. The predicted octanol–water partition coefficient (Wildman–Crippen LogP) is 19.1. The van der Waals surface area contributed by atoms with Gasteiger partial charge >= 0.3 is 0 Å². The third-order valence-corrected chi connectivity index (χ3v) is 15.7. The Kier molecular flexibility index (Phi) is 8.45. The lowest BCUT2D eigenvalue weighted by molar-refractivity contribution is 0.0977. The molecule has 0 saturated carbocycles. The van der Waals surface area contributed by atoms with Crippen molar-refractivity contribution in [3.63, 3.8) is 0 Å². The molecule has 0 unspecified atom stereocenters. The highest BCUT2D eigenvalue weighted by atomic mass is 14.6. The molecule has 0 aromatic heterocycles. The van der Waals surface area contributed by atoms with Gasteiger partial charge in [-0.1, -0.05) is 236 Å². The Bertz CT molecular complexity index is 3960. The van der Waals surface area contributed by atoms with E-state index in [0.29, 0.717) is 0 Å². The fraction of sp³-hybridized carbons (Fsp3) is 0.134. The third kappa shape index (κ3) is 5.48. The van der Waals surface area contributed by atoms with Gasteiger partial charge in [-0.25, -0.2) is 0 Å². The van der Waals surface area contributed by atoms with E-state index in [0.717, 1.165) is 0 Å². The van der Waals surface area contributed by atoms with Gasteiger partial charge in [0, 0.05) is 5.41 Å². The molecule has 12 aromatic carbocycles. The zero-order chi connectivity index (χ0) is 45.4. The van der Waals surface area contributed by atoms with Gasteiger partial charge in [0.25, 0.3) is 0 Å². The SMILES string of the molecule is CC(C)(C)C1(C(C)(C)C)c2c(ccc3cc(-c4ccc(-c5c6ccccc6c(-c6cc7ccccc7c7ccccc67)c6ccccc56)cc4)ccc23)-c2c1c1ccccc1c1ccccc21. The molecule has 0 N–H and O–H groups in total. The summed E-state index contributed by atoms with van der Waals surface area (Å²) in [6, 6.07) is 77.9. The van der Waals surface area contributed by atoms with Crippen molar-refractivity contribution in [1.82, 2.24) is 0 Å². The maximum Gasteiger partial charge on any atom is 0.0324 e. The first kappa shape index (κ1) is 39.8. The lowest BCUT2D eigenvalue weighted by Gasteiger charge is -2.54. The van der Waals surface area contributed by atoms with E-state index < -0.39 is 0 Å². The van der Waals surface area contributed by atoms with Crippen molar-refractivity contribution < 1.29 is 0 Å². The van der Waals surface area contributed by atoms with Crippen molar-refractivity contribution in [3.05, 3.63) is 217 Å². The van der Waals surface area contributed by atoms with Crippen LogP contribution in [0.3, 0.4) is 0 Å². The minimum atomic E-state index is -0.278. The van der Waals surface area contributed by atoms with Gasteiger partial charge < -0.3 is 0 Å². The topological polar surface area (TPSA) is 0 Å². The number of hydrogen-bond donors (Lipinski definition) is 0. The highest BCUT2D eigenvalue weighted by Crippen LogP contribution is 2.68. The Balaban J connectivity index is 0.980. The number of benzene rings is 12. The van der Waals surface area contributed by atoms with Gasteiger partial charge in [0.1, 0.15) is 0 Å². The molecule has 0 atom stereocenters. The summed E-state index contributed by atoms with van der Waals surface area (Å²) in [6.07, 6.45) is 0. The van der Waals surface area contributed by atoms with Crippen LogP contribution in [0.1, 0.15) is 52.7 Å². The van der Waals surface area contributed by atoms with Crippen molar-refractivity contribution in [2.24, 2.45) is 10.8 Å². The normalized spacial score (nSPS) is 13.6. The largest absolute Gasteiger partial charge is 0.0616 e. The number of fused-ring (bicyclic) bond motifs is 15. The second-order valence-electron chi connectivity index (χ2n) is 21.1. The maximum atomic E-state index is 2.47. The van der Waals surface area contributed by atoms with E-state index in [2.05, 4.69) is 248 Å². The minimum absolute atomic E-state index is 0.102. The molecule has 0 bridgehead atoms. The second kappa shape index (κ2) is 14.2. The zero-order valence-corrected chi connectivity index (χ0v) is 39.1. The summed E-state index contributed by atoms with van der Waals surface area (Å²) in [7, 11) is 0. The third-order valence-electron chi connectivity index (χ3n) is 15.7. The first-order chi connectivity index (χ1) is 32.5. The molecular formula is C67H52. The van der Waals surface area contributed by atoms with E-state index in [4.69, 9.17) is 0 Å². The van der Waals surface area contributed by atoms with E-state index in [1.807, 2.05) is 0 Å². The fourth-order valence-electron chi connectivity index (χ4n) is 13.5. The van der Waals surface area contributed by atoms with Gasteiger partial charge in [-0.3, -0.25) is 0 Å². The van der Waals surface area contributed by atoms with Gasteiger partial charge in [0.2, 0.25) is 0 Å². The summed E-state index contributed by atoms with van der Waals surface area (Å²) in [5.41, 5.74) is 12.8. The van der Waals surface area contributed by atoms with Crippen LogP contribution < -0.4 is 0 Å². The second-order valence-corrected chi connectivity index (χ2v) is 21.1. The van der Waals surface area contributed by atoms with Crippen molar-refractivity contribution in [1.29, 1.82) is 0 Å². The lowest BCUT2D eigenvalue weighted by Crippen LogP contribution is -2.50. The standard InChI is InChI=1S/C67H52/c1-65(2,3)67(66(4,5)6)63-47-37-35-43(39-45(47)36-38-58(63)62-52-25-13-11-22-49(52)50-23-12-18-30-57(50)64(62)67)41-31-33-42(34-32-41)60-53-26-14-16-28-55(53)61(56-29-17-15-27-54(56)60)59-40-44-19-7-8-20-46(44)48-21-9-10-24-51(48)59/h7-40H,1-6H3. The van der Waals surface area contributed by atoms with Gasteiger partial charge in [-0.2, -0.15) is 0 Å². The van der Waals surface area contributed by atoms with E-state index in [-0.39, 0.29) is 16.2 Å². The van der Waals surface area contributed by atoms with Crippen LogP contribution >= 0.6 is 0 Å². The summed E-state index contributed by atoms with van der Waals surface area (Å²) in [6.45, 7) is 14.8. The molecule has 0 radical (unpaired) electrons. The van der Waals surface area contributed by atoms with E-state index in [9.17, 15) is 0 Å². The van der Waals surface area contributed by atoms with Crippen molar-refractivity contribution >= 4 is 75.4 Å². The first-order valence-electron chi connectivity index (χ1n) is 24.0. The summed E-state index contributed by atoms with van der Waals surface area (Å²) >= 11 is 0. The summed E-state index contributed by atoms with van der Waals surface area (Å²) in [4.78, 5) is 0. The van der Waals surface area contributed by atoms with Gasteiger partial charge in [0.05, 0.1) is 0 Å². The van der Waals surface area contributed by atoms with Crippen LogP contribution in [0.15, 0.2) is 206 Å². The molecule has 1 aliphatic carbocycles. The highest BCUT2D eigenvalue weighted by molar-refractivity contribution is 6.26. The van der Waals surface area contributed by atoms with E-state index in [1.54, 1.807) is 0 Å². The van der Waals surface area contributed by atoms with E-state index >= 15 is 0 Å². The number of hydrogen-bond acceptors (Lipinski definition) is 0. The van der Waals surface area contributed by atoms with Crippen molar-refractivity contribution in [2.45, 2.75) is 47.0 Å². The van der Waals surface area contributed by atoms with Crippen molar-refractivity contribution in [2.75, 3.05) is 0 Å². The average molecular weight is 857 g/mol. The van der Waals surface area contributed by atoms with Crippen LogP contribution in [0.2, 0.25) is 0 Å². The fourth-order valence-corrected chi connectivity index (χ4v) is 13.5. The molecule has 320 valence electrons. The molecule has 0 fully saturated rings. The molecule has 0 heterocycles. The van der Waals surface area contributed by atoms with Gasteiger partial charge in [0.15, 0.2) is 0 Å². The van der Waals surface area contributed by atoms with Crippen LogP contribution in [0.25, 0.3) is 120 Å². The highest BCUT2D eigenvalue weighted by Gasteiger charge is 2.59. The molecule has 1 aliphatic rings. The Morgan fingerprint density at radius 2 is 0.672 bits per heavy atom. The Labute approximate surface area is 393 Å². The molecule has 12 aromatic rings. The van der Waals surface area contributed by atoms with Gasteiger partial charge in [-0.05, 0) is 154 Å². The van der Waals surface area contributed by atoms with Gasteiger partial charge in [-0.15, -0.1) is 0 Å². The first-order valence-corrected chi connectivity index (χ1v) is 24.0. The molecule has 13 rings (SSSR count). The summed E-state index contributed by atoms with van der Waals surface area (Å²) < 4.78 is 0. The maximum absolute atomic E-state index is 2.47. The predicted molar refractivity (Wildman–Crippen MR) is 290 cm³/mol. The average Bonchev–Trinajstić information content (AvgIpc) is 3.70. The molecule has 0 aliphatic heterocycles.